The van der Waals surface area contributed by atoms with Crippen molar-refractivity contribution < 1.29 is 9.84 Å². The molecule has 2 aromatic carbocycles. The molecule has 3 aliphatic rings. The minimum Gasteiger partial charge on any atom is -0.497 e. The quantitative estimate of drug-likeness (QED) is 0.645. The van der Waals surface area contributed by atoms with Crippen LogP contribution in [0.5, 0.6) is 5.75 Å². The lowest BCUT2D eigenvalue weighted by Gasteiger charge is -2.42. The number of rotatable bonds is 6. The van der Waals surface area contributed by atoms with Gasteiger partial charge in [0.15, 0.2) is 0 Å². The van der Waals surface area contributed by atoms with Gasteiger partial charge >= 0.3 is 0 Å². The van der Waals surface area contributed by atoms with Crippen molar-refractivity contribution in [1.29, 1.82) is 0 Å². The van der Waals surface area contributed by atoms with Gasteiger partial charge in [-0.15, -0.1) is 0 Å². The van der Waals surface area contributed by atoms with Crippen LogP contribution in [0.4, 0.5) is 0 Å². The predicted octanol–water partition coefficient (Wildman–Crippen LogP) is 2.78. The number of benzene rings is 2. The first-order valence-electron chi connectivity index (χ1n) is 12.4. The van der Waals surface area contributed by atoms with Gasteiger partial charge in [0.25, 0.3) is 0 Å². The van der Waals surface area contributed by atoms with Crippen LogP contribution >= 0.6 is 0 Å². The Morgan fingerprint density at radius 2 is 1.84 bits per heavy atom. The molecule has 3 saturated heterocycles. The van der Waals surface area contributed by atoms with Gasteiger partial charge < -0.3 is 14.7 Å². The summed E-state index contributed by atoms with van der Waals surface area (Å²) in [6.45, 7) is 7.17. The van der Waals surface area contributed by atoms with Crippen LogP contribution in [-0.4, -0.2) is 73.9 Å². The first-order chi connectivity index (χ1) is 15.7. The van der Waals surface area contributed by atoms with E-state index in [4.69, 9.17) is 4.74 Å². The largest absolute Gasteiger partial charge is 0.497 e. The molecule has 5 rings (SSSR count). The second kappa shape index (κ2) is 10.1. The fourth-order valence-corrected chi connectivity index (χ4v) is 6.00. The average molecular weight is 439 g/mol. The maximum Gasteiger partial charge on any atom is 0.119 e. The maximum absolute atomic E-state index is 9.56. The van der Waals surface area contributed by atoms with Crippen LogP contribution in [0.25, 0.3) is 10.8 Å². The minimum atomic E-state index is 0.339. The molecule has 0 bridgehead atoms. The molecule has 32 heavy (non-hydrogen) atoms. The van der Waals surface area contributed by atoms with E-state index < -0.39 is 0 Å². The summed E-state index contributed by atoms with van der Waals surface area (Å²) in [5, 5.41) is 12.0. The first kappa shape index (κ1) is 22.1. The van der Waals surface area contributed by atoms with E-state index in [2.05, 4.69) is 51.0 Å². The number of aliphatic hydroxyl groups excluding tert-OH is 1. The molecule has 3 atom stereocenters. The van der Waals surface area contributed by atoms with Crippen molar-refractivity contribution in [2.45, 2.75) is 37.8 Å². The molecule has 174 valence electrons. The van der Waals surface area contributed by atoms with Crippen LogP contribution < -0.4 is 15.6 Å². The Kier molecular flexibility index (Phi) is 6.95. The molecule has 0 radical (unpaired) electrons. The van der Waals surface area contributed by atoms with Crippen molar-refractivity contribution in [1.82, 2.24) is 20.7 Å². The lowest BCUT2D eigenvalue weighted by Crippen LogP contribution is -2.49. The van der Waals surface area contributed by atoms with Crippen LogP contribution in [0.2, 0.25) is 0 Å². The third-order valence-electron chi connectivity index (χ3n) is 7.90. The Morgan fingerprint density at radius 3 is 2.66 bits per heavy atom. The third-order valence-corrected chi connectivity index (χ3v) is 7.90. The molecule has 3 unspecified atom stereocenters. The van der Waals surface area contributed by atoms with Crippen molar-refractivity contribution in [3.63, 3.8) is 0 Å². The van der Waals surface area contributed by atoms with Gasteiger partial charge in [0, 0.05) is 38.2 Å². The topological polar surface area (TPSA) is 60.0 Å². The summed E-state index contributed by atoms with van der Waals surface area (Å²) in [6, 6.07) is 14.1. The number of piperidine rings is 2. The number of hydrazine groups is 1. The van der Waals surface area contributed by atoms with Crippen LogP contribution in [0, 0.1) is 11.8 Å². The lowest BCUT2D eigenvalue weighted by molar-refractivity contribution is 0.0507. The molecule has 6 heteroatoms. The van der Waals surface area contributed by atoms with Gasteiger partial charge in [0.2, 0.25) is 0 Å². The van der Waals surface area contributed by atoms with Gasteiger partial charge in [-0.1, -0.05) is 18.2 Å². The Balaban J connectivity index is 1.18. The fourth-order valence-electron chi connectivity index (χ4n) is 6.00. The maximum atomic E-state index is 9.56. The van der Waals surface area contributed by atoms with Gasteiger partial charge in [-0.05, 0) is 85.8 Å². The zero-order chi connectivity index (χ0) is 21.9. The third kappa shape index (κ3) is 4.80. The molecule has 3 N–H and O–H groups in total. The van der Waals surface area contributed by atoms with Crippen molar-refractivity contribution in [3.8, 4) is 5.75 Å². The molecule has 3 aliphatic heterocycles. The van der Waals surface area contributed by atoms with Gasteiger partial charge in [0.05, 0.1) is 13.2 Å². The van der Waals surface area contributed by atoms with Crippen LogP contribution in [0.15, 0.2) is 36.4 Å². The summed E-state index contributed by atoms with van der Waals surface area (Å²) in [5.74, 6) is 1.96. The monoisotopic (exact) mass is 438 g/mol. The SMILES string of the molecule is COc1ccc2cc(C3NNCC3CN3CCC(N4CCCC(CO)C4)CC3)ccc2c1. The van der Waals surface area contributed by atoms with Crippen LogP contribution in [0.3, 0.4) is 0 Å². The summed E-state index contributed by atoms with van der Waals surface area (Å²) < 4.78 is 5.37. The van der Waals surface area contributed by atoms with Crippen molar-refractivity contribution in [3.05, 3.63) is 42.0 Å². The van der Waals surface area contributed by atoms with Gasteiger partial charge in [0.1, 0.15) is 5.75 Å². The molecule has 3 fully saturated rings. The summed E-state index contributed by atoms with van der Waals surface area (Å²) in [7, 11) is 1.72. The van der Waals surface area contributed by atoms with Gasteiger partial charge in [-0.3, -0.25) is 10.3 Å². The average Bonchev–Trinajstić information content (AvgIpc) is 3.32. The molecular weight excluding hydrogens is 400 g/mol. The number of fused-ring (bicyclic) bond motifs is 1. The van der Waals surface area contributed by atoms with E-state index in [0.717, 1.165) is 25.4 Å². The number of ether oxygens (including phenoxy) is 1. The minimum absolute atomic E-state index is 0.339. The first-order valence-corrected chi connectivity index (χ1v) is 12.4. The Labute approximate surface area is 191 Å². The zero-order valence-corrected chi connectivity index (χ0v) is 19.3. The second-order valence-corrected chi connectivity index (χ2v) is 9.95. The molecule has 2 aromatic rings. The number of likely N-dealkylation sites (tertiary alicyclic amines) is 2. The molecule has 0 amide bonds. The highest BCUT2D eigenvalue weighted by Crippen LogP contribution is 2.31. The summed E-state index contributed by atoms with van der Waals surface area (Å²) in [5.41, 5.74) is 8.32. The van der Waals surface area contributed by atoms with E-state index in [-0.39, 0.29) is 0 Å². The number of nitrogens with one attached hydrogen (secondary N) is 2. The smallest absolute Gasteiger partial charge is 0.119 e. The molecule has 0 aliphatic carbocycles. The molecule has 3 heterocycles. The molecule has 0 spiro atoms. The predicted molar refractivity (Wildman–Crippen MR) is 129 cm³/mol. The van der Waals surface area contributed by atoms with Crippen LogP contribution in [0.1, 0.15) is 37.3 Å². The standard InChI is InChI=1S/C26H38N4O2/c1-32-25-7-6-20-13-22(5-4-21(20)14-25)26-23(15-27-28-26)17-29-11-8-24(9-12-29)30-10-2-3-19(16-30)18-31/h4-7,13-14,19,23-24,26-28,31H,2-3,8-12,15-18H2,1H3. The Hall–Kier alpha value is -1.70. The molecule has 6 nitrogen and oxygen atoms in total. The Bertz CT molecular complexity index is 899. The number of hydrogen-bond donors (Lipinski definition) is 3. The summed E-state index contributed by atoms with van der Waals surface area (Å²) in [6.07, 6.45) is 4.95. The number of methoxy groups -OCH3 is 1. The number of aliphatic hydroxyl groups is 1. The molecular formula is C26H38N4O2. The summed E-state index contributed by atoms with van der Waals surface area (Å²) in [4.78, 5) is 5.33. The van der Waals surface area contributed by atoms with Crippen molar-refractivity contribution in [2.24, 2.45) is 11.8 Å². The zero-order valence-electron chi connectivity index (χ0n) is 19.3. The highest BCUT2D eigenvalue weighted by molar-refractivity contribution is 5.84. The van der Waals surface area contributed by atoms with Crippen LogP contribution in [-0.2, 0) is 0 Å². The number of hydrogen-bond acceptors (Lipinski definition) is 6. The van der Waals surface area contributed by atoms with E-state index in [9.17, 15) is 5.11 Å². The molecule has 0 saturated carbocycles. The van der Waals surface area contributed by atoms with Crippen molar-refractivity contribution >= 4 is 10.8 Å². The van der Waals surface area contributed by atoms with Gasteiger partial charge in [-0.25, -0.2) is 5.43 Å². The Morgan fingerprint density at radius 1 is 1.03 bits per heavy atom. The highest BCUT2D eigenvalue weighted by atomic mass is 16.5. The van der Waals surface area contributed by atoms with Gasteiger partial charge in [-0.2, -0.15) is 0 Å². The summed E-state index contributed by atoms with van der Waals surface area (Å²) >= 11 is 0. The van der Waals surface area contributed by atoms with Crippen molar-refractivity contribution in [2.75, 3.05) is 53.0 Å². The second-order valence-electron chi connectivity index (χ2n) is 9.95. The van der Waals surface area contributed by atoms with E-state index in [1.165, 1.54) is 61.7 Å². The normalized spacial score (nSPS) is 28.4. The molecule has 0 aromatic heterocycles. The fraction of sp³-hybridized carbons (Fsp3) is 0.615. The number of nitrogens with zero attached hydrogens (tertiary/aromatic N) is 2. The highest BCUT2D eigenvalue weighted by Gasteiger charge is 2.33. The van der Waals surface area contributed by atoms with E-state index in [0.29, 0.717) is 30.5 Å². The lowest BCUT2D eigenvalue weighted by atomic mass is 9.91. The van der Waals surface area contributed by atoms with E-state index in [1.807, 2.05) is 6.07 Å². The van der Waals surface area contributed by atoms with E-state index >= 15 is 0 Å². The van der Waals surface area contributed by atoms with E-state index in [1.54, 1.807) is 7.11 Å².